The maximum Gasteiger partial charge on any atom is 0.416 e. The van der Waals surface area contributed by atoms with Gasteiger partial charge in [-0.1, -0.05) is 0 Å². The van der Waals surface area contributed by atoms with Crippen molar-refractivity contribution in [2.75, 3.05) is 6.61 Å². The molecule has 2 rings (SSSR count). The van der Waals surface area contributed by atoms with E-state index in [4.69, 9.17) is 4.74 Å². The number of benzene rings is 1. The number of hydrogen-bond donors (Lipinski definition) is 0. The van der Waals surface area contributed by atoms with Crippen LogP contribution in [-0.4, -0.2) is 22.5 Å². The van der Waals surface area contributed by atoms with E-state index in [1.54, 1.807) is 13.8 Å². The van der Waals surface area contributed by atoms with Crippen LogP contribution in [0.3, 0.4) is 0 Å². The highest BCUT2D eigenvalue weighted by atomic mass is 19.4. The highest BCUT2D eigenvalue weighted by Gasteiger charge is 2.30. The molecule has 20 heavy (non-hydrogen) atoms. The van der Waals surface area contributed by atoms with Crippen LogP contribution < -0.4 is 0 Å². The number of halogens is 3. The number of fused-ring (bicyclic) bond motifs is 1. The van der Waals surface area contributed by atoms with E-state index in [-0.39, 0.29) is 17.8 Å². The van der Waals surface area contributed by atoms with Crippen LogP contribution in [0.5, 0.6) is 0 Å². The van der Waals surface area contributed by atoms with Gasteiger partial charge in [-0.3, -0.25) is 0 Å². The van der Waals surface area contributed by atoms with Gasteiger partial charge in [0.05, 0.1) is 28.9 Å². The van der Waals surface area contributed by atoms with E-state index in [0.717, 1.165) is 12.1 Å². The second kappa shape index (κ2) is 5.07. The number of aryl methyl sites for hydroxylation is 1. The smallest absolute Gasteiger partial charge is 0.416 e. The monoisotopic (exact) mass is 284 g/mol. The number of alkyl halides is 3. The summed E-state index contributed by atoms with van der Waals surface area (Å²) in [5.41, 5.74) is -0.288. The average Bonchev–Trinajstić information content (AvgIpc) is 2.36. The van der Waals surface area contributed by atoms with Crippen molar-refractivity contribution in [3.05, 3.63) is 35.2 Å². The van der Waals surface area contributed by atoms with Crippen molar-refractivity contribution in [3.63, 3.8) is 0 Å². The Balaban J connectivity index is 2.57. The lowest BCUT2D eigenvalue weighted by atomic mass is 10.1. The summed E-state index contributed by atoms with van der Waals surface area (Å²) < 4.78 is 42.7. The summed E-state index contributed by atoms with van der Waals surface area (Å²) in [5, 5.41) is 0. The maximum atomic E-state index is 12.6. The molecule has 1 aromatic carbocycles. The first-order chi connectivity index (χ1) is 9.32. The third-order valence-electron chi connectivity index (χ3n) is 2.63. The largest absolute Gasteiger partial charge is 0.461 e. The highest BCUT2D eigenvalue weighted by molar-refractivity contribution is 5.91. The predicted molar refractivity (Wildman–Crippen MR) is 65.2 cm³/mol. The normalized spacial score (nSPS) is 11.7. The van der Waals surface area contributed by atoms with Crippen molar-refractivity contribution in [2.24, 2.45) is 0 Å². The lowest BCUT2D eigenvalue weighted by molar-refractivity contribution is -0.137. The molecule has 0 spiro atoms. The molecule has 0 N–H and O–H groups in total. The Hall–Kier alpha value is -2.18. The molecule has 0 amide bonds. The van der Waals surface area contributed by atoms with Gasteiger partial charge in [0.1, 0.15) is 0 Å². The van der Waals surface area contributed by atoms with E-state index in [9.17, 15) is 18.0 Å². The van der Waals surface area contributed by atoms with Crippen LogP contribution in [0, 0.1) is 6.92 Å². The van der Waals surface area contributed by atoms with Gasteiger partial charge in [-0.05, 0) is 32.0 Å². The minimum absolute atomic E-state index is 0.00785. The molecule has 0 aliphatic carbocycles. The second-order valence-electron chi connectivity index (χ2n) is 4.08. The summed E-state index contributed by atoms with van der Waals surface area (Å²) in [5.74, 6) is -0.697. The van der Waals surface area contributed by atoms with Gasteiger partial charge >= 0.3 is 12.1 Å². The topological polar surface area (TPSA) is 52.1 Å². The summed E-state index contributed by atoms with van der Waals surface area (Å²) in [6.07, 6.45) is -4.47. The third kappa shape index (κ3) is 2.71. The summed E-state index contributed by atoms with van der Waals surface area (Å²) in [6.45, 7) is 3.33. The van der Waals surface area contributed by atoms with Gasteiger partial charge in [0.15, 0.2) is 5.69 Å². The number of nitrogens with zero attached hydrogens (tertiary/aromatic N) is 2. The molecule has 0 bridgehead atoms. The third-order valence-corrected chi connectivity index (χ3v) is 2.63. The molecule has 1 heterocycles. The van der Waals surface area contributed by atoms with Gasteiger partial charge in [-0.2, -0.15) is 13.2 Å². The molecule has 0 atom stereocenters. The fraction of sp³-hybridized carbons (Fsp3) is 0.308. The van der Waals surface area contributed by atoms with Crippen molar-refractivity contribution in [3.8, 4) is 0 Å². The number of hydrogen-bond acceptors (Lipinski definition) is 4. The van der Waals surface area contributed by atoms with Crippen molar-refractivity contribution < 1.29 is 22.7 Å². The van der Waals surface area contributed by atoms with Gasteiger partial charge in [-0.15, -0.1) is 0 Å². The van der Waals surface area contributed by atoms with Crippen LogP contribution in [0.2, 0.25) is 0 Å². The molecular weight excluding hydrogens is 273 g/mol. The average molecular weight is 284 g/mol. The Morgan fingerprint density at radius 1 is 1.25 bits per heavy atom. The second-order valence-corrected chi connectivity index (χ2v) is 4.08. The van der Waals surface area contributed by atoms with Crippen LogP contribution in [0.1, 0.15) is 28.7 Å². The summed E-state index contributed by atoms with van der Waals surface area (Å²) in [7, 11) is 0. The van der Waals surface area contributed by atoms with Crippen LogP contribution in [0.4, 0.5) is 13.2 Å². The fourth-order valence-corrected chi connectivity index (χ4v) is 1.71. The zero-order valence-corrected chi connectivity index (χ0v) is 10.8. The zero-order valence-electron chi connectivity index (χ0n) is 10.8. The molecular formula is C13H11F3N2O2. The molecule has 7 heteroatoms. The number of rotatable bonds is 2. The Kier molecular flexibility index (Phi) is 3.61. The van der Waals surface area contributed by atoms with Crippen LogP contribution in [0.25, 0.3) is 11.0 Å². The van der Waals surface area contributed by atoms with Crippen molar-refractivity contribution in [1.82, 2.24) is 9.97 Å². The first-order valence-electron chi connectivity index (χ1n) is 5.85. The molecule has 4 nitrogen and oxygen atoms in total. The molecule has 0 unspecified atom stereocenters. The Morgan fingerprint density at radius 3 is 2.55 bits per heavy atom. The number of aromatic nitrogens is 2. The molecule has 0 aliphatic rings. The quantitative estimate of drug-likeness (QED) is 0.795. The first kappa shape index (κ1) is 14.2. The molecule has 0 saturated heterocycles. The van der Waals surface area contributed by atoms with Crippen LogP contribution in [-0.2, 0) is 10.9 Å². The number of carbonyl (C=O) groups is 1. The number of carbonyl (C=O) groups excluding carboxylic acids is 1. The molecule has 0 radical (unpaired) electrons. The van der Waals surface area contributed by atoms with Gasteiger partial charge < -0.3 is 4.74 Å². The maximum absolute atomic E-state index is 12.6. The highest BCUT2D eigenvalue weighted by Crippen LogP contribution is 2.30. The zero-order chi connectivity index (χ0) is 14.9. The summed E-state index contributed by atoms with van der Waals surface area (Å²) >= 11 is 0. The van der Waals surface area contributed by atoms with Crippen molar-refractivity contribution in [2.45, 2.75) is 20.0 Å². The van der Waals surface area contributed by atoms with E-state index in [1.165, 1.54) is 6.07 Å². The van der Waals surface area contributed by atoms with Crippen molar-refractivity contribution >= 4 is 17.0 Å². The van der Waals surface area contributed by atoms with Crippen molar-refractivity contribution in [1.29, 1.82) is 0 Å². The Bertz CT molecular complexity index is 668. The van der Waals surface area contributed by atoms with E-state index >= 15 is 0 Å². The number of ether oxygens (including phenoxy) is 1. The van der Waals surface area contributed by atoms with Gasteiger partial charge in [0, 0.05) is 0 Å². The standard InChI is InChI=1S/C13H11F3N2O2/c1-3-20-12(19)11-7(2)17-9-5-4-8(13(14,15)16)6-10(9)18-11/h4-6H,3H2,1-2H3. The minimum atomic E-state index is -4.47. The molecule has 0 aliphatic heterocycles. The van der Waals surface area contributed by atoms with E-state index in [0.29, 0.717) is 11.2 Å². The fourth-order valence-electron chi connectivity index (χ4n) is 1.71. The van der Waals surface area contributed by atoms with Gasteiger partial charge in [0.2, 0.25) is 0 Å². The summed E-state index contributed by atoms with van der Waals surface area (Å²) in [4.78, 5) is 19.6. The molecule has 0 saturated carbocycles. The predicted octanol–water partition coefficient (Wildman–Crippen LogP) is 3.13. The molecule has 1 aromatic heterocycles. The van der Waals surface area contributed by atoms with Gasteiger partial charge in [0.25, 0.3) is 0 Å². The van der Waals surface area contributed by atoms with E-state index < -0.39 is 17.7 Å². The molecule has 0 fully saturated rings. The lowest BCUT2D eigenvalue weighted by Gasteiger charge is -2.09. The minimum Gasteiger partial charge on any atom is -0.461 e. The van der Waals surface area contributed by atoms with Crippen LogP contribution >= 0.6 is 0 Å². The first-order valence-corrected chi connectivity index (χ1v) is 5.85. The van der Waals surface area contributed by atoms with Gasteiger partial charge in [-0.25, -0.2) is 14.8 Å². The van der Waals surface area contributed by atoms with E-state index in [2.05, 4.69) is 9.97 Å². The molecule has 106 valence electrons. The lowest BCUT2D eigenvalue weighted by Crippen LogP contribution is -2.11. The Labute approximate surface area is 112 Å². The SMILES string of the molecule is CCOC(=O)c1nc2cc(C(F)(F)F)ccc2nc1C. The number of esters is 1. The van der Waals surface area contributed by atoms with Crippen LogP contribution in [0.15, 0.2) is 18.2 Å². The summed E-state index contributed by atoms with van der Waals surface area (Å²) in [6, 6.07) is 3.03. The Morgan fingerprint density at radius 2 is 1.95 bits per heavy atom. The molecule has 2 aromatic rings. The van der Waals surface area contributed by atoms with E-state index in [1.807, 2.05) is 0 Å².